The number of anilines is 1. The highest BCUT2D eigenvalue weighted by Crippen LogP contribution is 2.13. The second-order valence-electron chi connectivity index (χ2n) is 5.07. The van der Waals surface area contributed by atoms with Crippen LogP contribution in [0.3, 0.4) is 0 Å². The van der Waals surface area contributed by atoms with Crippen molar-refractivity contribution in [1.82, 2.24) is 9.55 Å². The van der Waals surface area contributed by atoms with Crippen molar-refractivity contribution in [3.8, 4) is 0 Å². The predicted molar refractivity (Wildman–Crippen MR) is 80.6 cm³/mol. The third kappa shape index (κ3) is 4.70. The van der Waals surface area contributed by atoms with Gasteiger partial charge in [0.1, 0.15) is 9.84 Å². The maximum atomic E-state index is 11.3. The van der Waals surface area contributed by atoms with Crippen LogP contribution in [0.25, 0.3) is 0 Å². The Bertz CT molecular complexity index is 651. The zero-order valence-electron chi connectivity index (χ0n) is 11.7. The Morgan fingerprint density at radius 2 is 2.20 bits per heavy atom. The van der Waals surface area contributed by atoms with Crippen LogP contribution >= 0.6 is 0 Å². The third-order valence-corrected chi connectivity index (χ3v) is 3.92. The van der Waals surface area contributed by atoms with Crippen LogP contribution in [0.5, 0.6) is 0 Å². The average Bonchev–Trinajstić information content (AvgIpc) is 2.79. The van der Waals surface area contributed by atoms with Crippen LogP contribution < -0.4 is 5.32 Å². The molecule has 0 saturated carbocycles. The fourth-order valence-electron chi connectivity index (χ4n) is 2.13. The normalized spacial score (nSPS) is 13.1. The second-order valence-corrected chi connectivity index (χ2v) is 7.26. The Hall–Kier alpha value is -1.82. The number of benzene rings is 1. The van der Waals surface area contributed by atoms with Crippen LogP contribution in [-0.2, 0) is 16.4 Å². The first kappa shape index (κ1) is 14.6. The number of hydrogen-bond acceptors (Lipinski definition) is 4. The molecule has 0 aliphatic carbocycles. The summed E-state index contributed by atoms with van der Waals surface area (Å²) in [6.07, 6.45) is 6.68. The van der Waals surface area contributed by atoms with Crippen LogP contribution in [0.4, 0.5) is 5.69 Å². The van der Waals surface area contributed by atoms with Crippen molar-refractivity contribution in [2.24, 2.45) is 0 Å². The quantitative estimate of drug-likeness (QED) is 0.881. The van der Waals surface area contributed by atoms with Crippen LogP contribution in [0.15, 0.2) is 43.0 Å². The molecule has 1 aromatic heterocycles. The van der Waals surface area contributed by atoms with E-state index in [1.54, 1.807) is 12.5 Å². The van der Waals surface area contributed by atoms with E-state index in [2.05, 4.69) is 10.3 Å². The van der Waals surface area contributed by atoms with Crippen molar-refractivity contribution < 1.29 is 8.42 Å². The molecule has 0 bridgehead atoms. The van der Waals surface area contributed by atoms with Gasteiger partial charge in [-0.2, -0.15) is 0 Å². The molecule has 2 rings (SSSR count). The molecule has 0 aliphatic rings. The number of sulfone groups is 1. The first-order valence-corrected chi connectivity index (χ1v) is 8.47. The summed E-state index contributed by atoms with van der Waals surface area (Å²) in [5, 5.41) is 3.21. The van der Waals surface area contributed by atoms with Gasteiger partial charge in [0.05, 0.1) is 12.1 Å². The van der Waals surface area contributed by atoms with Crippen LogP contribution in [-0.4, -0.2) is 36.0 Å². The van der Waals surface area contributed by atoms with Gasteiger partial charge in [0.15, 0.2) is 0 Å². The average molecular weight is 293 g/mol. The van der Waals surface area contributed by atoms with Crippen LogP contribution in [0.1, 0.15) is 12.5 Å². The largest absolute Gasteiger partial charge is 0.382 e. The molecular formula is C14H19N3O2S. The molecule has 5 nitrogen and oxygen atoms in total. The van der Waals surface area contributed by atoms with E-state index >= 15 is 0 Å². The number of hydrogen-bond donors (Lipinski definition) is 1. The summed E-state index contributed by atoms with van der Waals surface area (Å²) in [6, 6.07) is 7.84. The zero-order valence-corrected chi connectivity index (χ0v) is 12.5. The minimum atomic E-state index is -2.97. The lowest BCUT2D eigenvalue weighted by molar-refractivity contribution is 0.598. The van der Waals surface area contributed by atoms with Gasteiger partial charge in [-0.25, -0.2) is 13.4 Å². The Kier molecular flexibility index (Phi) is 4.44. The standard InChI is InChI=1S/C14H19N3O2S/c1-12(10-20(2,18)19)16-14-5-3-4-13(8-14)9-17-7-6-15-11-17/h3-8,11-12,16H,9-10H2,1-2H3. The molecule has 0 aliphatic heterocycles. The smallest absolute Gasteiger partial charge is 0.149 e. The first-order chi connectivity index (χ1) is 9.42. The molecule has 1 unspecified atom stereocenters. The summed E-state index contributed by atoms with van der Waals surface area (Å²) >= 11 is 0. The van der Waals surface area contributed by atoms with Gasteiger partial charge in [-0.05, 0) is 24.6 Å². The Balaban J connectivity index is 2.02. The van der Waals surface area contributed by atoms with Gasteiger partial charge in [-0.15, -0.1) is 0 Å². The molecule has 1 N–H and O–H groups in total. The highest BCUT2D eigenvalue weighted by molar-refractivity contribution is 7.90. The lowest BCUT2D eigenvalue weighted by atomic mass is 10.2. The van der Waals surface area contributed by atoms with Gasteiger partial charge in [-0.1, -0.05) is 12.1 Å². The molecule has 0 spiro atoms. The number of nitrogens with one attached hydrogen (secondary N) is 1. The SMILES string of the molecule is CC(CS(C)(=O)=O)Nc1cccc(Cn2ccnc2)c1. The molecule has 0 fully saturated rings. The third-order valence-electron chi connectivity index (χ3n) is 2.82. The maximum Gasteiger partial charge on any atom is 0.149 e. The van der Waals surface area contributed by atoms with E-state index in [4.69, 9.17) is 0 Å². The number of aromatic nitrogens is 2. The van der Waals surface area contributed by atoms with E-state index in [1.165, 1.54) is 6.26 Å². The minimum Gasteiger partial charge on any atom is -0.382 e. The summed E-state index contributed by atoms with van der Waals surface area (Å²) in [7, 11) is -2.97. The van der Waals surface area contributed by atoms with Gasteiger partial charge < -0.3 is 9.88 Å². The molecule has 1 aromatic carbocycles. The summed E-state index contributed by atoms with van der Waals surface area (Å²) in [6.45, 7) is 2.61. The van der Waals surface area contributed by atoms with E-state index in [0.29, 0.717) is 0 Å². The molecule has 0 saturated heterocycles. The van der Waals surface area contributed by atoms with Crippen molar-refractivity contribution in [3.05, 3.63) is 48.5 Å². The van der Waals surface area contributed by atoms with Crippen molar-refractivity contribution in [3.63, 3.8) is 0 Å². The number of imidazole rings is 1. The molecule has 2 aromatic rings. The van der Waals surface area contributed by atoms with Gasteiger partial charge in [0.25, 0.3) is 0 Å². The van der Waals surface area contributed by atoms with Crippen molar-refractivity contribution in [2.45, 2.75) is 19.5 Å². The van der Waals surface area contributed by atoms with E-state index < -0.39 is 9.84 Å². The fraction of sp³-hybridized carbons (Fsp3) is 0.357. The summed E-state index contributed by atoms with van der Waals surface area (Å²) < 4.78 is 24.5. The monoisotopic (exact) mass is 293 g/mol. The summed E-state index contributed by atoms with van der Waals surface area (Å²) in [5.74, 6) is 0.124. The number of nitrogens with zero attached hydrogens (tertiary/aromatic N) is 2. The highest BCUT2D eigenvalue weighted by atomic mass is 32.2. The van der Waals surface area contributed by atoms with Crippen LogP contribution in [0, 0.1) is 0 Å². The van der Waals surface area contributed by atoms with Gasteiger partial charge in [0, 0.05) is 36.9 Å². The van der Waals surface area contributed by atoms with Crippen molar-refractivity contribution in [2.75, 3.05) is 17.3 Å². The fourth-order valence-corrected chi connectivity index (χ4v) is 3.12. The molecule has 0 amide bonds. The number of rotatable bonds is 6. The molecule has 20 heavy (non-hydrogen) atoms. The molecule has 108 valence electrons. The molecular weight excluding hydrogens is 274 g/mol. The zero-order chi connectivity index (χ0) is 14.6. The second kappa shape index (κ2) is 6.09. The van der Waals surface area contributed by atoms with E-state index in [1.807, 2.05) is 42.0 Å². The lowest BCUT2D eigenvalue weighted by Gasteiger charge is -2.15. The minimum absolute atomic E-state index is 0.117. The lowest BCUT2D eigenvalue weighted by Crippen LogP contribution is -2.25. The Morgan fingerprint density at radius 3 is 2.85 bits per heavy atom. The van der Waals surface area contributed by atoms with E-state index in [0.717, 1.165) is 17.8 Å². The van der Waals surface area contributed by atoms with Crippen molar-refractivity contribution in [1.29, 1.82) is 0 Å². The predicted octanol–water partition coefficient (Wildman–Crippen LogP) is 1.78. The van der Waals surface area contributed by atoms with Gasteiger partial charge in [-0.3, -0.25) is 0 Å². The van der Waals surface area contributed by atoms with E-state index in [9.17, 15) is 8.42 Å². The molecule has 6 heteroatoms. The van der Waals surface area contributed by atoms with E-state index in [-0.39, 0.29) is 11.8 Å². The molecule has 1 heterocycles. The summed E-state index contributed by atoms with van der Waals surface area (Å²) in [4.78, 5) is 4.01. The Morgan fingerprint density at radius 1 is 1.40 bits per heavy atom. The topological polar surface area (TPSA) is 64.0 Å². The van der Waals surface area contributed by atoms with Crippen molar-refractivity contribution >= 4 is 15.5 Å². The highest BCUT2D eigenvalue weighted by Gasteiger charge is 2.10. The maximum absolute atomic E-state index is 11.3. The van der Waals surface area contributed by atoms with Gasteiger partial charge >= 0.3 is 0 Å². The summed E-state index contributed by atoms with van der Waals surface area (Å²) in [5.41, 5.74) is 2.07. The first-order valence-electron chi connectivity index (χ1n) is 6.41. The van der Waals surface area contributed by atoms with Crippen LogP contribution in [0.2, 0.25) is 0 Å². The molecule has 0 radical (unpaired) electrons. The van der Waals surface area contributed by atoms with Gasteiger partial charge in [0.2, 0.25) is 0 Å². The molecule has 1 atom stereocenters. The Labute approximate surface area is 119 Å².